The number of hydrogen-bond donors (Lipinski definition) is 1. The molecule has 0 radical (unpaired) electrons. The number of aromatic nitrogens is 1. The fraction of sp³-hybridized carbons (Fsp3) is 0.0526. The number of fused-ring (bicyclic) bond motifs is 1. The Morgan fingerprint density at radius 2 is 2.04 bits per heavy atom. The second kappa shape index (κ2) is 7.34. The highest BCUT2D eigenvalue weighted by Crippen LogP contribution is 2.33. The fourth-order valence-electron chi connectivity index (χ4n) is 2.62. The Bertz CT molecular complexity index is 1000. The van der Waals surface area contributed by atoms with Gasteiger partial charge in [0.25, 0.3) is 11.8 Å². The van der Waals surface area contributed by atoms with E-state index in [-0.39, 0.29) is 10.2 Å². The number of para-hydroxylation sites is 1. The van der Waals surface area contributed by atoms with Crippen LogP contribution in [0.2, 0.25) is 0 Å². The molecule has 2 aromatic rings. The lowest BCUT2D eigenvalue weighted by Gasteiger charge is -2.16. The zero-order valence-corrected chi connectivity index (χ0v) is 15.5. The second-order valence-electron chi connectivity index (χ2n) is 5.74. The lowest BCUT2D eigenvalue weighted by molar-refractivity contribution is -0.123. The Kier molecular flexibility index (Phi) is 4.74. The van der Waals surface area contributed by atoms with Gasteiger partial charge in [-0.05, 0) is 48.1 Å². The molecule has 1 aromatic carbocycles. The highest BCUT2D eigenvalue weighted by molar-refractivity contribution is 8.26. The van der Waals surface area contributed by atoms with Gasteiger partial charge in [0.2, 0.25) is 0 Å². The minimum absolute atomic E-state index is 0.270. The van der Waals surface area contributed by atoms with Crippen molar-refractivity contribution in [3.05, 3.63) is 76.5 Å². The fourth-order valence-corrected chi connectivity index (χ4v) is 3.81. The summed E-state index contributed by atoms with van der Waals surface area (Å²) in [6.45, 7) is 0.366. The Morgan fingerprint density at radius 3 is 2.85 bits per heavy atom. The van der Waals surface area contributed by atoms with Gasteiger partial charge in [-0.15, -0.1) is 0 Å². The zero-order chi connectivity index (χ0) is 18.8. The summed E-state index contributed by atoms with van der Waals surface area (Å²) < 4.78 is 5.97. The number of nitrogens with zero attached hydrogens (tertiary/aromatic N) is 2. The van der Waals surface area contributed by atoms with Gasteiger partial charge < -0.3 is 4.74 Å². The Balaban J connectivity index is 1.52. The molecule has 0 atom stereocenters. The van der Waals surface area contributed by atoms with Crippen LogP contribution in [0.4, 0.5) is 0 Å². The largest absolute Gasteiger partial charge is 0.488 e. The molecule has 8 heteroatoms. The number of pyridine rings is 1. The van der Waals surface area contributed by atoms with Crippen molar-refractivity contribution in [1.82, 2.24) is 15.4 Å². The van der Waals surface area contributed by atoms with Crippen molar-refractivity contribution in [2.75, 3.05) is 6.61 Å². The highest BCUT2D eigenvalue weighted by Gasteiger charge is 2.34. The van der Waals surface area contributed by atoms with Crippen molar-refractivity contribution < 1.29 is 14.3 Å². The van der Waals surface area contributed by atoms with Gasteiger partial charge in [0, 0.05) is 23.5 Å². The minimum atomic E-state index is -0.427. The molecule has 0 spiro atoms. The van der Waals surface area contributed by atoms with Gasteiger partial charge in [0.15, 0.2) is 4.32 Å². The van der Waals surface area contributed by atoms with Gasteiger partial charge in [-0.1, -0.05) is 30.0 Å². The van der Waals surface area contributed by atoms with E-state index in [1.807, 2.05) is 30.3 Å². The van der Waals surface area contributed by atoms with Gasteiger partial charge in [0.1, 0.15) is 12.4 Å². The molecule has 3 heterocycles. The maximum absolute atomic E-state index is 12.7. The van der Waals surface area contributed by atoms with Crippen molar-refractivity contribution in [1.29, 1.82) is 0 Å². The predicted molar refractivity (Wildman–Crippen MR) is 107 cm³/mol. The van der Waals surface area contributed by atoms with Crippen molar-refractivity contribution in [3.8, 4) is 5.75 Å². The smallest absolute Gasteiger partial charge is 0.285 e. The van der Waals surface area contributed by atoms with Crippen LogP contribution in [0, 0.1) is 0 Å². The van der Waals surface area contributed by atoms with Gasteiger partial charge in [-0.2, -0.15) is 5.01 Å². The molecule has 0 unspecified atom stereocenters. The lowest BCUT2D eigenvalue weighted by Crippen LogP contribution is -2.44. The van der Waals surface area contributed by atoms with Crippen LogP contribution in [0.3, 0.4) is 0 Å². The van der Waals surface area contributed by atoms with Gasteiger partial charge in [-0.3, -0.25) is 20.0 Å². The van der Waals surface area contributed by atoms with Gasteiger partial charge in [0.05, 0.1) is 4.91 Å². The van der Waals surface area contributed by atoms with E-state index in [0.29, 0.717) is 17.1 Å². The van der Waals surface area contributed by atoms with Crippen LogP contribution in [-0.4, -0.2) is 32.7 Å². The van der Waals surface area contributed by atoms with E-state index in [1.165, 1.54) is 12.4 Å². The number of thiocarbonyl (C=S) groups is 1. The molecular weight excluding hydrogens is 382 g/mol. The molecule has 2 aliphatic heterocycles. The highest BCUT2D eigenvalue weighted by atomic mass is 32.2. The molecule has 0 aliphatic carbocycles. The molecule has 0 saturated carbocycles. The van der Waals surface area contributed by atoms with E-state index < -0.39 is 5.91 Å². The first-order valence-electron chi connectivity index (χ1n) is 8.03. The number of hydrazine groups is 1. The van der Waals surface area contributed by atoms with E-state index in [1.54, 1.807) is 18.2 Å². The molecule has 134 valence electrons. The maximum atomic E-state index is 12.7. The molecule has 1 aromatic heterocycles. The van der Waals surface area contributed by atoms with Crippen LogP contribution >= 0.6 is 24.0 Å². The standard InChI is InChI=1S/C19H13N3O3S2/c23-17(13-5-7-20-8-6-13)21-22-18(24)16(27-19(22)26)10-12-9-14-3-1-2-4-15(14)25-11-12/h1-10H,11H2,(H,21,23)/b16-10-. The number of carbonyl (C=O) groups is 2. The predicted octanol–water partition coefficient (Wildman–Crippen LogP) is 2.95. The van der Waals surface area contributed by atoms with Crippen LogP contribution in [-0.2, 0) is 4.79 Å². The van der Waals surface area contributed by atoms with Crippen LogP contribution in [0.25, 0.3) is 6.08 Å². The summed E-state index contributed by atoms with van der Waals surface area (Å²) in [6, 6.07) is 10.8. The first kappa shape index (κ1) is 17.4. The zero-order valence-electron chi connectivity index (χ0n) is 13.9. The SMILES string of the molecule is O=C(NN1C(=O)/C(=C/C2=Cc3ccccc3OC2)SC1=S)c1ccncc1. The van der Waals surface area contributed by atoms with Crippen molar-refractivity contribution in [2.24, 2.45) is 0 Å². The third-order valence-electron chi connectivity index (χ3n) is 3.92. The maximum Gasteiger partial charge on any atom is 0.285 e. The average molecular weight is 395 g/mol. The van der Waals surface area contributed by atoms with Crippen LogP contribution in [0.1, 0.15) is 15.9 Å². The van der Waals surface area contributed by atoms with Crippen molar-refractivity contribution in [2.45, 2.75) is 0 Å². The summed E-state index contributed by atoms with van der Waals surface area (Å²) in [5.74, 6) is 0.0167. The number of carbonyl (C=O) groups excluding carboxylic acids is 2. The number of benzene rings is 1. The third kappa shape index (κ3) is 3.62. The summed E-state index contributed by atoms with van der Waals surface area (Å²) in [5, 5.41) is 1.09. The summed E-state index contributed by atoms with van der Waals surface area (Å²) >= 11 is 6.38. The van der Waals surface area contributed by atoms with E-state index in [9.17, 15) is 9.59 Å². The summed E-state index contributed by atoms with van der Waals surface area (Å²) in [7, 11) is 0. The first-order chi connectivity index (χ1) is 13.1. The molecule has 1 saturated heterocycles. The van der Waals surface area contributed by atoms with Gasteiger partial charge >= 0.3 is 0 Å². The van der Waals surface area contributed by atoms with E-state index in [2.05, 4.69) is 10.4 Å². The second-order valence-corrected chi connectivity index (χ2v) is 7.42. The Hall–Kier alpha value is -2.97. The minimum Gasteiger partial charge on any atom is -0.488 e. The topological polar surface area (TPSA) is 71.5 Å². The quantitative estimate of drug-likeness (QED) is 0.636. The lowest BCUT2D eigenvalue weighted by atomic mass is 10.1. The monoisotopic (exact) mass is 395 g/mol. The van der Waals surface area contributed by atoms with Crippen molar-refractivity contribution in [3.63, 3.8) is 0 Å². The molecule has 2 amide bonds. The number of rotatable bonds is 3. The number of amides is 2. The van der Waals surface area contributed by atoms with Crippen LogP contribution in [0.5, 0.6) is 5.75 Å². The van der Waals surface area contributed by atoms with E-state index in [4.69, 9.17) is 17.0 Å². The molecule has 0 bridgehead atoms. The summed E-state index contributed by atoms with van der Waals surface area (Å²) in [4.78, 5) is 29.2. The summed E-state index contributed by atoms with van der Waals surface area (Å²) in [5.41, 5.74) is 4.74. The number of ether oxygens (including phenoxy) is 1. The van der Waals surface area contributed by atoms with E-state index in [0.717, 1.165) is 33.7 Å². The third-order valence-corrected chi connectivity index (χ3v) is 5.22. The number of nitrogens with one attached hydrogen (secondary N) is 1. The Labute approximate surface area is 164 Å². The van der Waals surface area contributed by atoms with Crippen LogP contribution in [0.15, 0.2) is 65.3 Å². The molecule has 1 N–H and O–H groups in total. The van der Waals surface area contributed by atoms with Gasteiger partial charge in [-0.25, -0.2) is 0 Å². The number of thioether (sulfide) groups is 1. The summed E-state index contributed by atoms with van der Waals surface area (Å²) in [6.07, 6.45) is 6.73. The molecule has 2 aliphatic rings. The molecule has 4 rings (SSSR count). The first-order valence-corrected chi connectivity index (χ1v) is 9.26. The molecular formula is C19H13N3O3S2. The molecule has 6 nitrogen and oxygen atoms in total. The van der Waals surface area contributed by atoms with Crippen molar-refractivity contribution >= 4 is 46.2 Å². The molecule has 1 fully saturated rings. The van der Waals surface area contributed by atoms with Crippen LogP contribution < -0.4 is 10.2 Å². The molecule has 27 heavy (non-hydrogen) atoms. The number of hydrogen-bond acceptors (Lipinski definition) is 6. The van der Waals surface area contributed by atoms with E-state index >= 15 is 0 Å². The normalized spacial score (nSPS) is 17.4. The Morgan fingerprint density at radius 1 is 1.26 bits per heavy atom. The average Bonchev–Trinajstić information content (AvgIpc) is 2.96.